The first kappa shape index (κ1) is 11.3. The third-order valence-electron chi connectivity index (χ3n) is 2.75. The number of anilines is 1. The van der Waals surface area contributed by atoms with Gasteiger partial charge in [-0.05, 0) is 6.92 Å². The fourth-order valence-corrected chi connectivity index (χ4v) is 1.95. The number of imidazole rings is 1. The summed E-state index contributed by atoms with van der Waals surface area (Å²) in [5, 5.41) is 8.96. The number of hydrogen-bond donors (Lipinski definition) is 2. The van der Waals surface area contributed by atoms with E-state index in [9.17, 15) is 0 Å². The van der Waals surface area contributed by atoms with Crippen LogP contribution in [0, 0.1) is 6.92 Å². The van der Waals surface area contributed by atoms with Crippen molar-refractivity contribution in [3.8, 4) is 0 Å². The van der Waals surface area contributed by atoms with Crippen LogP contribution in [0.1, 0.15) is 12.1 Å². The monoisotopic (exact) mass is 251 g/mol. The zero-order valence-electron chi connectivity index (χ0n) is 9.78. The van der Waals surface area contributed by atoms with E-state index >= 15 is 0 Å². The second-order valence-electron chi connectivity index (χ2n) is 4.02. The summed E-state index contributed by atoms with van der Waals surface area (Å²) in [5.41, 5.74) is 6.93. The minimum atomic E-state index is -0.604. The van der Waals surface area contributed by atoms with Crippen LogP contribution in [0.25, 0.3) is 11.2 Å². The topological polar surface area (TPSA) is 108 Å². The second kappa shape index (κ2) is 4.16. The highest BCUT2D eigenvalue weighted by Gasteiger charge is 2.28. The van der Waals surface area contributed by atoms with Crippen molar-refractivity contribution < 1.29 is 14.6 Å². The summed E-state index contributed by atoms with van der Waals surface area (Å²) in [6, 6.07) is 0. The Labute approximate surface area is 102 Å². The molecule has 2 unspecified atom stereocenters. The highest BCUT2D eigenvalue weighted by Crippen LogP contribution is 2.25. The number of aromatic nitrogens is 4. The molecule has 96 valence electrons. The Bertz CT molecular complexity index is 584. The number of aryl methyl sites for hydroxylation is 1. The van der Waals surface area contributed by atoms with E-state index < -0.39 is 6.29 Å². The van der Waals surface area contributed by atoms with Crippen LogP contribution in [-0.2, 0) is 9.47 Å². The smallest absolute Gasteiger partial charge is 0.183 e. The van der Waals surface area contributed by atoms with Crippen LogP contribution in [0.15, 0.2) is 6.33 Å². The third kappa shape index (κ3) is 1.70. The van der Waals surface area contributed by atoms with E-state index in [-0.39, 0.29) is 12.8 Å². The Kier molecular flexibility index (Phi) is 2.62. The van der Waals surface area contributed by atoms with Crippen molar-refractivity contribution in [2.75, 3.05) is 18.9 Å². The van der Waals surface area contributed by atoms with Crippen LogP contribution < -0.4 is 5.73 Å². The lowest BCUT2D eigenvalue weighted by Crippen LogP contribution is -2.15. The maximum atomic E-state index is 8.96. The first-order chi connectivity index (χ1) is 8.69. The van der Waals surface area contributed by atoms with E-state index in [1.54, 1.807) is 17.8 Å². The van der Waals surface area contributed by atoms with Crippen molar-refractivity contribution in [2.24, 2.45) is 0 Å². The van der Waals surface area contributed by atoms with Crippen molar-refractivity contribution in [1.29, 1.82) is 0 Å². The van der Waals surface area contributed by atoms with Gasteiger partial charge in [0, 0.05) is 0 Å². The first-order valence-electron chi connectivity index (χ1n) is 5.53. The molecule has 8 nitrogen and oxygen atoms in total. The first-order valence-corrected chi connectivity index (χ1v) is 5.53. The molecule has 1 saturated heterocycles. The molecule has 1 fully saturated rings. The molecule has 0 saturated carbocycles. The number of fused-ring (bicyclic) bond motifs is 1. The minimum Gasteiger partial charge on any atom is -0.391 e. The molecule has 3 rings (SSSR count). The Balaban J connectivity index is 2.03. The Morgan fingerprint density at radius 1 is 1.56 bits per heavy atom. The van der Waals surface area contributed by atoms with Gasteiger partial charge < -0.3 is 20.3 Å². The predicted octanol–water partition coefficient (Wildman–Crippen LogP) is -0.419. The number of nitrogens with zero attached hydrogens (tertiary/aromatic N) is 4. The molecule has 1 aliphatic rings. The highest BCUT2D eigenvalue weighted by molar-refractivity contribution is 5.81. The maximum absolute atomic E-state index is 8.96. The molecule has 0 aromatic carbocycles. The number of aliphatic hydroxyl groups is 1. The average Bonchev–Trinajstić information content (AvgIpc) is 2.93. The molecule has 0 bridgehead atoms. The van der Waals surface area contributed by atoms with Gasteiger partial charge in [-0.3, -0.25) is 4.57 Å². The molecule has 18 heavy (non-hydrogen) atoms. The Morgan fingerprint density at radius 3 is 3.11 bits per heavy atom. The number of ether oxygens (including phenoxy) is 2. The number of hydrogen-bond acceptors (Lipinski definition) is 7. The maximum Gasteiger partial charge on any atom is 0.183 e. The second-order valence-corrected chi connectivity index (χ2v) is 4.02. The molecule has 0 amide bonds. The van der Waals surface area contributed by atoms with Crippen LogP contribution in [0.4, 0.5) is 5.82 Å². The van der Waals surface area contributed by atoms with Gasteiger partial charge in [0.1, 0.15) is 11.3 Å². The summed E-state index contributed by atoms with van der Waals surface area (Å²) in [4.78, 5) is 12.5. The summed E-state index contributed by atoms with van der Waals surface area (Å²) in [5.74, 6) is 0.910. The van der Waals surface area contributed by atoms with Gasteiger partial charge in [-0.25, -0.2) is 15.0 Å². The summed E-state index contributed by atoms with van der Waals surface area (Å²) >= 11 is 0. The fourth-order valence-electron chi connectivity index (χ4n) is 1.95. The van der Waals surface area contributed by atoms with Crippen molar-refractivity contribution in [1.82, 2.24) is 19.5 Å². The van der Waals surface area contributed by atoms with Crippen LogP contribution in [-0.4, -0.2) is 44.1 Å². The zero-order chi connectivity index (χ0) is 12.7. The highest BCUT2D eigenvalue weighted by atomic mass is 16.7. The molecule has 0 radical (unpaired) electrons. The average molecular weight is 251 g/mol. The predicted molar refractivity (Wildman–Crippen MR) is 61.4 cm³/mol. The summed E-state index contributed by atoms with van der Waals surface area (Å²) in [6.45, 7) is 1.91. The quantitative estimate of drug-likeness (QED) is 0.746. The minimum absolute atomic E-state index is 0.181. The molecular weight excluding hydrogens is 238 g/mol. The number of aliphatic hydroxyl groups excluding tert-OH is 1. The van der Waals surface area contributed by atoms with Gasteiger partial charge in [0.05, 0.1) is 19.5 Å². The van der Waals surface area contributed by atoms with Crippen LogP contribution in [0.5, 0.6) is 0 Å². The number of rotatable bonds is 2. The van der Waals surface area contributed by atoms with Crippen LogP contribution in [0.3, 0.4) is 0 Å². The van der Waals surface area contributed by atoms with Gasteiger partial charge in [0.25, 0.3) is 0 Å². The van der Waals surface area contributed by atoms with Gasteiger partial charge in [0.2, 0.25) is 0 Å². The zero-order valence-corrected chi connectivity index (χ0v) is 9.78. The van der Waals surface area contributed by atoms with Gasteiger partial charge in [-0.2, -0.15) is 0 Å². The molecule has 3 heterocycles. The Morgan fingerprint density at radius 2 is 2.39 bits per heavy atom. The van der Waals surface area contributed by atoms with E-state index in [0.717, 1.165) is 0 Å². The van der Waals surface area contributed by atoms with E-state index in [1.165, 1.54) is 0 Å². The van der Waals surface area contributed by atoms with E-state index in [0.29, 0.717) is 29.4 Å². The third-order valence-corrected chi connectivity index (χ3v) is 2.75. The SMILES string of the molecule is Cc1nc(N)c2ncn(C3COC(CO)O3)c2n1. The molecule has 2 atom stereocenters. The Hall–Kier alpha value is -1.77. The van der Waals surface area contributed by atoms with Gasteiger partial charge in [-0.15, -0.1) is 0 Å². The van der Waals surface area contributed by atoms with Gasteiger partial charge in [-0.1, -0.05) is 0 Å². The molecule has 0 aliphatic carbocycles. The lowest BCUT2D eigenvalue weighted by Gasteiger charge is -2.11. The van der Waals surface area contributed by atoms with Crippen LogP contribution in [0.2, 0.25) is 0 Å². The largest absolute Gasteiger partial charge is 0.391 e. The van der Waals surface area contributed by atoms with Crippen molar-refractivity contribution in [3.05, 3.63) is 12.2 Å². The number of nitrogen functional groups attached to an aromatic ring is 1. The van der Waals surface area contributed by atoms with Crippen molar-refractivity contribution >= 4 is 17.0 Å². The van der Waals surface area contributed by atoms with Crippen molar-refractivity contribution in [2.45, 2.75) is 19.4 Å². The van der Waals surface area contributed by atoms with E-state index in [2.05, 4.69) is 15.0 Å². The van der Waals surface area contributed by atoms with E-state index in [4.69, 9.17) is 20.3 Å². The van der Waals surface area contributed by atoms with Gasteiger partial charge >= 0.3 is 0 Å². The summed E-state index contributed by atoms with van der Waals surface area (Å²) < 4.78 is 12.5. The van der Waals surface area contributed by atoms with Gasteiger partial charge in [0.15, 0.2) is 24.0 Å². The molecule has 1 aliphatic heterocycles. The molecule has 8 heteroatoms. The summed E-state index contributed by atoms with van der Waals surface area (Å²) in [6.07, 6.45) is 0.622. The molecular formula is C10H13N5O3. The molecule has 0 spiro atoms. The molecule has 2 aromatic heterocycles. The summed E-state index contributed by atoms with van der Waals surface area (Å²) in [7, 11) is 0. The lowest BCUT2D eigenvalue weighted by atomic mass is 10.4. The molecule has 3 N–H and O–H groups in total. The fraction of sp³-hybridized carbons (Fsp3) is 0.500. The number of nitrogens with two attached hydrogens (primary N) is 1. The lowest BCUT2D eigenvalue weighted by molar-refractivity contribution is -0.0980. The normalized spacial score (nSPS) is 23.9. The van der Waals surface area contributed by atoms with Crippen LogP contribution >= 0.6 is 0 Å². The van der Waals surface area contributed by atoms with E-state index in [1.807, 2.05) is 0 Å². The standard InChI is InChI=1S/C10H13N5O3/c1-5-13-9(11)8-10(14-5)15(4-12-8)6-3-17-7(2-16)18-6/h4,6-7,16H,2-3H2,1H3,(H2,11,13,14). The van der Waals surface area contributed by atoms with Crippen molar-refractivity contribution in [3.63, 3.8) is 0 Å². The molecule has 2 aromatic rings.